The second kappa shape index (κ2) is 8.92. The summed E-state index contributed by atoms with van der Waals surface area (Å²) < 4.78 is 5.35. The van der Waals surface area contributed by atoms with Gasteiger partial charge in [0.05, 0.1) is 6.04 Å². The zero-order valence-electron chi connectivity index (χ0n) is 15.0. The fourth-order valence-corrected chi connectivity index (χ4v) is 2.40. The van der Waals surface area contributed by atoms with E-state index in [1.165, 1.54) is 11.1 Å². The van der Waals surface area contributed by atoms with Crippen LogP contribution in [-0.4, -0.2) is 18.4 Å². The van der Waals surface area contributed by atoms with Crippen LogP contribution in [0.5, 0.6) is 0 Å². The van der Waals surface area contributed by atoms with E-state index in [2.05, 4.69) is 53.7 Å². The Kier molecular flexibility index (Phi) is 6.62. The van der Waals surface area contributed by atoms with Gasteiger partial charge in [-0.1, -0.05) is 31.2 Å². The molecule has 4 N–H and O–H groups in total. The van der Waals surface area contributed by atoms with E-state index in [1.807, 2.05) is 6.92 Å². The van der Waals surface area contributed by atoms with Gasteiger partial charge in [-0.2, -0.15) is 0 Å². The van der Waals surface area contributed by atoms with Gasteiger partial charge >= 0.3 is 0 Å². The molecule has 0 saturated carbocycles. The van der Waals surface area contributed by atoms with Gasteiger partial charge in [0.15, 0.2) is 11.7 Å². The summed E-state index contributed by atoms with van der Waals surface area (Å²) in [7, 11) is 0. The third kappa shape index (κ3) is 5.38. The summed E-state index contributed by atoms with van der Waals surface area (Å²) in [5.41, 5.74) is 7.70. The average Bonchev–Trinajstić information content (AvgIpc) is 3.09. The number of nitrogens with two attached hydrogens (primary N) is 1. The summed E-state index contributed by atoms with van der Waals surface area (Å²) >= 11 is 0. The molecular formula is C19H26N4O2. The van der Waals surface area contributed by atoms with Crippen molar-refractivity contribution in [3.63, 3.8) is 0 Å². The predicted molar refractivity (Wildman–Crippen MR) is 99.4 cm³/mol. The molecule has 1 aromatic heterocycles. The summed E-state index contributed by atoms with van der Waals surface area (Å²) in [5, 5.41) is 6.59. The summed E-state index contributed by atoms with van der Waals surface area (Å²) in [4.78, 5) is 15.6. The number of carbonyl (C=O) groups is 1. The molecule has 2 aromatic rings. The van der Waals surface area contributed by atoms with Gasteiger partial charge in [-0.05, 0) is 43.5 Å². The summed E-state index contributed by atoms with van der Waals surface area (Å²) in [6.07, 6.45) is 1.03. The molecule has 6 heteroatoms. The van der Waals surface area contributed by atoms with Gasteiger partial charge in [0.2, 0.25) is 0 Å². The highest BCUT2D eigenvalue weighted by Crippen LogP contribution is 2.14. The van der Waals surface area contributed by atoms with Crippen LogP contribution in [0.15, 0.2) is 45.8 Å². The number of guanidine groups is 1. The summed E-state index contributed by atoms with van der Waals surface area (Å²) in [5.74, 6) is 0.842. The number of hydrogen-bond donors (Lipinski definition) is 3. The largest absolute Gasteiger partial charge is 0.454 e. The SMILES string of the molecule is CCNC(=NCc1ccc(C(N)=O)o1)NC(C)c1ccc(CC)cc1. The van der Waals surface area contributed by atoms with Gasteiger partial charge in [0.25, 0.3) is 5.91 Å². The molecule has 2 rings (SSSR count). The highest BCUT2D eigenvalue weighted by molar-refractivity contribution is 5.89. The number of aliphatic imine (C=N–C) groups is 1. The molecule has 1 atom stereocenters. The smallest absolute Gasteiger partial charge is 0.284 e. The van der Waals surface area contributed by atoms with E-state index in [0.29, 0.717) is 18.3 Å². The van der Waals surface area contributed by atoms with E-state index in [1.54, 1.807) is 12.1 Å². The highest BCUT2D eigenvalue weighted by atomic mass is 16.3. The average molecular weight is 342 g/mol. The van der Waals surface area contributed by atoms with E-state index in [9.17, 15) is 4.79 Å². The first kappa shape index (κ1) is 18.6. The molecule has 6 nitrogen and oxygen atoms in total. The quantitative estimate of drug-likeness (QED) is 0.533. The number of aryl methyl sites for hydroxylation is 1. The van der Waals surface area contributed by atoms with E-state index < -0.39 is 5.91 Å². The van der Waals surface area contributed by atoms with Crippen LogP contribution in [0.4, 0.5) is 0 Å². The Hall–Kier alpha value is -2.76. The maximum absolute atomic E-state index is 11.1. The number of nitrogens with one attached hydrogen (secondary N) is 2. The van der Waals surface area contributed by atoms with Crippen molar-refractivity contribution in [2.45, 2.75) is 39.8 Å². The third-order valence-corrected chi connectivity index (χ3v) is 3.88. The molecule has 0 aliphatic rings. The normalized spacial score (nSPS) is 12.7. The first-order valence-electron chi connectivity index (χ1n) is 8.55. The molecule has 0 radical (unpaired) electrons. The van der Waals surface area contributed by atoms with Gasteiger partial charge in [0.1, 0.15) is 12.3 Å². The van der Waals surface area contributed by atoms with Crippen LogP contribution < -0.4 is 16.4 Å². The minimum absolute atomic E-state index is 0.112. The van der Waals surface area contributed by atoms with Crippen molar-refractivity contribution in [2.75, 3.05) is 6.54 Å². The van der Waals surface area contributed by atoms with Crippen molar-refractivity contribution in [1.82, 2.24) is 10.6 Å². The van der Waals surface area contributed by atoms with Crippen LogP contribution in [0, 0.1) is 0 Å². The molecule has 134 valence electrons. The van der Waals surface area contributed by atoms with Crippen molar-refractivity contribution in [3.05, 3.63) is 59.0 Å². The third-order valence-electron chi connectivity index (χ3n) is 3.88. The number of furan rings is 1. The standard InChI is InChI=1S/C19H26N4O2/c1-4-14-6-8-15(9-7-14)13(3)23-19(21-5-2)22-12-16-10-11-17(25-16)18(20)24/h6-11,13H,4-5,12H2,1-3H3,(H2,20,24)(H2,21,22,23). The molecule has 0 aliphatic heterocycles. The molecule has 1 amide bonds. The maximum Gasteiger partial charge on any atom is 0.284 e. The minimum Gasteiger partial charge on any atom is -0.454 e. The first-order chi connectivity index (χ1) is 12.0. The molecule has 0 spiro atoms. The van der Waals surface area contributed by atoms with E-state index in [4.69, 9.17) is 10.2 Å². The van der Waals surface area contributed by atoms with Crippen LogP contribution in [0.2, 0.25) is 0 Å². The molecule has 0 saturated heterocycles. The number of amides is 1. The molecule has 1 heterocycles. The Labute approximate surface area is 148 Å². The summed E-state index contributed by atoms with van der Waals surface area (Å²) in [6, 6.07) is 11.9. The highest BCUT2D eigenvalue weighted by Gasteiger charge is 2.09. The second-order valence-electron chi connectivity index (χ2n) is 5.79. The van der Waals surface area contributed by atoms with Crippen molar-refractivity contribution >= 4 is 11.9 Å². The van der Waals surface area contributed by atoms with Gasteiger partial charge in [-0.3, -0.25) is 4.79 Å². The number of rotatable bonds is 7. The van der Waals surface area contributed by atoms with Gasteiger partial charge in [-0.15, -0.1) is 0 Å². The van der Waals surface area contributed by atoms with E-state index in [0.717, 1.165) is 13.0 Å². The number of benzene rings is 1. The Morgan fingerprint density at radius 2 is 1.92 bits per heavy atom. The monoisotopic (exact) mass is 342 g/mol. The molecule has 25 heavy (non-hydrogen) atoms. The number of nitrogens with zero attached hydrogens (tertiary/aromatic N) is 1. The first-order valence-corrected chi connectivity index (χ1v) is 8.55. The molecule has 1 unspecified atom stereocenters. The predicted octanol–water partition coefficient (Wildman–Crippen LogP) is 2.76. The molecule has 0 aliphatic carbocycles. The Bertz CT molecular complexity index is 719. The number of carbonyl (C=O) groups excluding carboxylic acids is 1. The van der Waals surface area contributed by atoms with Crippen LogP contribution in [0.1, 0.15) is 54.3 Å². The summed E-state index contributed by atoms with van der Waals surface area (Å²) in [6.45, 7) is 7.31. The van der Waals surface area contributed by atoms with Crippen molar-refractivity contribution in [2.24, 2.45) is 10.7 Å². The van der Waals surface area contributed by atoms with Crippen LogP contribution in [0.25, 0.3) is 0 Å². The second-order valence-corrected chi connectivity index (χ2v) is 5.79. The minimum atomic E-state index is -0.579. The lowest BCUT2D eigenvalue weighted by Crippen LogP contribution is -2.38. The Morgan fingerprint density at radius 1 is 1.20 bits per heavy atom. The topological polar surface area (TPSA) is 92.6 Å². The zero-order chi connectivity index (χ0) is 18.2. The van der Waals surface area contributed by atoms with Crippen LogP contribution in [0.3, 0.4) is 0 Å². The molecular weight excluding hydrogens is 316 g/mol. The van der Waals surface area contributed by atoms with Gasteiger partial charge in [0, 0.05) is 6.54 Å². The fourth-order valence-electron chi connectivity index (χ4n) is 2.40. The fraction of sp³-hybridized carbons (Fsp3) is 0.368. The van der Waals surface area contributed by atoms with Crippen molar-refractivity contribution < 1.29 is 9.21 Å². The lowest BCUT2D eigenvalue weighted by atomic mass is 10.1. The van der Waals surface area contributed by atoms with Crippen molar-refractivity contribution in [1.29, 1.82) is 0 Å². The zero-order valence-corrected chi connectivity index (χ0v) is 15.0. The van der Waals surface area contributed by atoms with Gasteiger partial charge < -0.3 is 20.8 Å². The molecule has 0 bridgehead atoms. The molecule has 1 aromatic carbocycles. The van der Waals surface area contributed by atoms with Crippen LogP contribution in [-0.2, 0) is 13.0 Å². The van der Waals surface area contributed by atoms with Crippen molar-refractivity contribution in [3.8, 4) is 0 Å². The number of hydrogen-bond acceptors (Lipinski definition) is 3. The lowest BCUT2D eigenvalue weighted by Gasteiger charge is -2.18. The molecule has 0 fully saturated rings. The Balaban J connectivity index is 2.03. The number of primary amides is 1. The van der Waals surface area contributed by atoms with E-state index in [-0.39, 0.29) is 11.8 Å². The van der Waals surface area contributed by atoms with Gasteiger partial charge in [-0.25, -0.2) is 4.99 Å². The lowest BCUT2D eigenvalue weighted by molar-refractivity contribution is 0.0972. The maximum atomic E-state index is 11.1. The van der Waals surface area contributed by atoms with Crippen LogP contribution >= 0.6 is 0 Å². The van der Waals surface area contributed by atoms with E-state index >= 15 is 0 Å². The Morgan fingerprint density at radius 3 is 2.48 bits per heavy atom.